The highest BCUT2D eigenvalue weighted by molar-refractivity contribution is 6.45. The monoisotopic (exact) mass is 1160 g/mol. The van der Waals surface area contributed by atoms with Crippen LogP contribution in [0, 0.1) is 0 Å². The Bertz CT molecular complexity index is 3220. The normalized spacial score (nSPS) is 16.7. The van der Waals surface area contributed by atoms with Gasteiger partial charge in [-0.1, -0.05) is 84.9 Å². The Morgan fingerprint density at radius 3 is 1.26 bits per heavy atom. The fourth-order valence-electron chi connectivity index (χ4n) is 12.2. The largest absolute Gasteiger partial charge is 0.493 e. The number of ether oxygens (including phenoxy) is 4. The van der Waals surface area contributed by atoms with Crippen LogP contribution in [0.15, 0.2) is 133 Å². The predicted octanol–water partition coefficient (Wildman–Crippen LogP) is 9.49. The first kappa shape index (κ1) is 62.6. The van der Waals surface area contributed by atoms with Crippen molar-refractivity contribution in [3.8, 4) is 23.0 Å². The van der Waals surface area contributed by atoms with Crippen molar-refractivity contribution in [1.82, 2.24) is 24.8 Å². The zero-order chi connectivity index (χ0) is 58.7. The molecule has 0 radical (unpaired) electrons. The molecule has 10 rings (SSSR count). The molecule has 0 saturated carbocycles. The van der Waals surface area contributed by atoms with E-state index in [9.17, 15) is 24.2 Å². The van der Waals surface area contributed by atoms with E-state index in [-0.39, 0.29) is 36.0 Å². The van der Waals surface area contributed by atoms with E-state index in [1.54, 1.807) is 53.5 Å². The third-order valence-corrected chi connectivity index (χ3v) is 16.8. The number of imide groups is 2. The fourth-order valence-corrected chi connectivity index (χ4v) is 12.2. The van der Waals surface area contributed by atoms with E-state index >= 15 is 0 Å². The second-order valence-corrected chi connectivity index (χ2v) is 21.5. The van der Waals surface area contributed by atoms with Gasteiger partial charge in [0.2, 0.25) is 0 Å². The summed E-state index contributed by atoms with van der Waals surface area (Å²) in [5.74, 6) is 1.16. The van der Waals surface area contributed by atoms with Gasteiger partial charge >= 0.3 is 7.05 Å². The molecular formula is C65H80BClN8O9. The van der Waals surface area contributed by atoms with Crippen LogP contribution in [0.3, 0.4) is 0 Å². The summed E-state index contributed by atoms with van der Waals surface area (Å²) < 4.78 is 21.9. The van der Waals surface area contributed by atoms with Crippen LogP contribution in [-0.4, -0.2) is 149 Å². The van der Waals surface area contributed by atoms with Gasteiger partial charge in [-0.05, 0) is 130 Å². The summed E-state index contributed by atoms with van der Waals surface area (Å²) in [6.45, 7) is 13.7. The molecule has 0 spiro atoms. The van der Waals surface area contributed by atoms with Crippen LogP contribution in [0.5, 0.6) is 23.0 Å². The standard InChI is InChI=1S/C33H41BN4O5.C32H38N4O4.ClH/c1-23(24-10-6-5-7-11-24)36-18-20-37(21-19-36)28-13-8-12-26-31(28)33(40)38(32(26)39)27(14-9-17-35-34(2)41)25-15-16-29(42-3)30(22-25)43-4;1-22(23-9-5-4-6-10-23)34-17-19-35(20-18-34)27-12-7-11-25-30(27)32(38)36(31(25)37)26(13-8-16-33)24-14-15-28(39-2)29(21-24)40-3;/h5-8,10-13,15-16,22-23,27,35,41H,9,14,17-21H2,1-4H3;4-7,9-12,14-15,21-22,26H,8,13,16-20,33H2,1-3H3;1H/t23-,27-;22-,26-;/m11./s1. The summed E-state index contributed by atoms with van der Waals surface area (Å²) in [6.07, 6.45) is 2.39. The molecule has 84 heavy (non-hydrogen) atoms. The van der Waals surface area contributed by atoms with Crippen LogP contribution in [0.1, 0.15) is 127 Å². The first-order valence-corrected chi connectivity index (χ1v) is 29.0. The molecule has 4 atom stereocenters. The van der Waals surface area contributed by atoms with Crippen LogP contribution in [0.25, 0.3) is 0 Å². The third-order valence-electron chi connectivity index (χ3n) is 16.8. The second-order valence-electron chi connectivity index (χ2n) is 21.5. The zero-order valence-electron chi connectivity index (χ0n) is 49.4. The molecule has 4 heterocycles. The number of methoxy groups -OCH3 is 4. The van der Waals surface area contributed by atoms with Gasteiger partial charge in [-0.25, -0.2) is 0 Å². The maximum Gasteiger partial charge on any atom is 0.373 e. The number of benzene rings is 6. The van der Waals surface area contributed by atoms with Gasteiger partial charge in [-0.2, -0.15) is 0 Å². The zero-order valence-corrected chi connectivity index (χ0v) is 50.2. The number of halogens is 1. The SMILES string of the molecule is COc1ccc([C@@H](CCCN)N2C(=O)c3cccc(N4CCN([C@H](C)c5ccccc5)CC4)c3C2=O)cc1OC.COc1ccc([C@@H](CCCNB(C)O)N2C(=O)c3cccc(N4CCN([C@H](C)c5ccccc5)CC4)c3C2=O)cc1OC.Cl. The number of carbonyl (C=O) groups is 4. The van der Waals surface area contributed by atoms with Crippen molar-refractivity contribution < 1.29 is 43.1 Å². The number of fused-ring (bicyclic) bond motifs is 2. The number of nitrogens with one attached hydrogen (secondary N) is 1. The van der Waals surface area contributed by atoms with Gasteiger partial charge in [0, 0.05) is 64.4 Å². The molecule has 0 aliphatic carbocycles. The van der Waals surface area contributed by atoms with Crippen LogP contribution in [0.2, 0.25) is 6.82 Å². The molecule has 2 saturated heterocycles. The lowest BCUT2D eigenvalue weighted by molar-refractivity contribution is 0.0557. The average Bonchev–Trinajstić information content (AvgIpc) is 3.60. The van der Waals surface area contributed by atoms with Gasteiger partial charge < -0.3 is 44.7 Å². The molecule has 17 nitrogen and oxygen atoms in total. The van der Waals surface area contributed by atoms with Gasteiger partial charge in [0.1, 0.15) is 0 Å². The van der Waals surface area contributed by atoms with Gasteiger partial charge in [0.05, 0.1) is 74.2 Å². The summed E-state index contributed by atoms with van der Waals surface area (Å²) >= 11 is 0. The average molecular weight is 1160 g/mol. The molecule has 0 aromatic heterocycles. The highest BCUT2D eigenvalue weighted by Gasteiger charge is 2.45. The number of nitrogens with two attached hydrogens (primary N) is 1. The van der Waals surface area contributed by atoms with Crippen molar-refractivity contribution >= 4 is 54.5 Å². The lowest BCUT2D eigenvalue weighted by Gasteiger charge is -2.39. The number of rotatable bonds is 22. The van der Waals surface area contributed by atoms with E-state index in [1.165, 1.54) is 20.9 Å². The Labute approximate surface area is 501 Å². The Kier molecular flexibility index (Phi) is 21.5. The minimum atomic E-state index is -0.641. The van der Waals surface area contributed by atoms with E-state index in [4.69, 9.17) is 24.7 Å². The molecule has 444 valence electrons. The van der Waals surface area contributed by atoms with Crippen molar-refractivity contribution in [3.05, 3.63) is 178 Å². The van der Waals surface area contributed by atoms with Crippen molar-refractivity contribution in [3.63, 3.8) is 0 Å². The van der Waals surface area contributed by atoms with Crippen LogP contribution in [-0.2, 0) is 0 Å². The van der Waals surface area contributed by atoms with Crippen molar-refractivity contribution in [2.45, 2.75) is 70.5 Å². The van der Waals surface area contributed by atoms with Gasteiger partial charge in [0.15, 0.2) is 23.0 Å². The summed E-state index contributed by atoms with van der Waals surface area (Å²) in [6, 6.07) is 42.9. The van der Waals surface area contributed by atoms with E-state index in [0.717, 1.165) is 74.9 Å². The number of amides is 4. The van der Waals surface area contributed by atoms with E-state index < -0.39 is 19.1 Å². The molecule has 4 amide bonds. The Balaban J connectivity index is 0.000000217. The van der Waals surface area contributed by atoms with Crippen LogP contribution in [0.4, 0.5) is 11.4 Å². The van der Waals surface area contributed by atoms with Gasteiger partial charge in [-0.3, -0.25) is 38.8 Å². The van der Waals surface area contributed by atoms with Crippen LogP contribution >= 0.6 is 12.4 Å². The molecule has 2 fully saturated rings. The quantitative estimate of drug-likeness (QED) is 0.0332. The number of nitrogens with zero attached hydrogens (tertiary/aromatic N) is 6. The minimum absolute atomic E-state index is 0. The number of piperazine rings is 2. The Morgan fingerprint density at radius 1 is 0.500 bits per heavy atom. The van der Waals surface area contributed by atoms with E-state index in [0.29, 0.717) is 96.1 Å². The summed E-state index contributed by atoms with van der Waals surface area (Å²) in [7, 11) is 5.66. The van der Waals surface area contributed by atoms with Crippen molar-refractivity contribution in [1.29, 1.82) is 0 Å². The van der Waals surface area contributed by atoms with Crippen molar-refractivity contribution in [2.24, 2.45) is 5.73 Å². The number of hydrogen-bond donors (Lipinski definition) is 3. The molecular weight excluding hydrogens is 1080 g/mol. The van der Waals surface area contributed by atoms with E-state index in [1.807, 2.05) is 66.7 Å². The van der Waals surface area contributed by atoms with Crippen LogP contribution < -0.4 is 39.7 Å². The summed E-state index contributed by atoms with van der Waals surface area (Å²) in [5, 5.41) is 12.7. The molecule has 6 aromatic rings. The van der Waals surface area contributed by atoms with Crippen molar-refractivity contribution in [2.75, 3.05) is 104 Å². The minimum Gasteiger partial charge on any atom is -0.493 e. The Morgan fingerprint density at radius 2 is 0.893 bits per heavy atom. The van der Waals surface area contributed by atoms with E-state index in [2.05, 4.69) is 87.2 Å². The highest BCUT2D eigenvalue weighted by Crippen LogP contribution is 2.43. The molecule has 4 N–H and O–H groups in total. The number of hydrogen-bond acceptors (Lipinski definition) is 15. The molecule has 0 unspecified atom stereocenters. The second kappa shape index (κ2) is 28.9. The first-order chi connectivity index (χ1) is 40.3. The number of anilines is 2. The molecule has 6 aromatic carbocycles. The number of carbonyl (C=O) groups excluding carboxylic acids is 4. The lowest BCUT2D eigenvalue weighted by atomic mass is 9.88. The highest BCUT2D eigenvalue weighted by atomic mass is 35.5. The topological polar surface area (TPSA) is 183 Å². The summed E-state index contributed by atoms with van der Waals surface area (Å²) in [5.41, 5.74) is 13.6. The molecule has 19 heteroatoms. The molecule has 0 bridgehead atoms. The predicted molar refractivity (Wildman–Crippen MR) is 332 cm³/mol. The maximum absolute atomic E-state index is 14.2. The van der Waals surface area contributed by atoms with Gasteiger partial charge in [0.25, 0.3) is 23.6 Å². The summed E-state index contributed by atoms with van der Waals surface area (Å²) in [4.78, 5) is 68.2. The smallest absolute Gasteiger partial charge is 0.373 e. The third kappa shape index (κ3) is 13.4. The Hall–Kier alpha value is -7.45. The lowest BCUT2D eigenvalue weighted by Crippen LogP contribution is -2.47. The molecule has 4 aliphatic rings. The first-order valence-electron chi connectivity index (χ1n) is 29.0. The maximum atomic E-state index is 14.2. The molecule has 4 aliphatic heterocycles. The van der Waals surface area contributed by atoms with Gasteiger partial charge in [-0.15, -0.1) is 12.4 Å². The fraction of sp³-hybridized carbons (Fsp3) is 0.385.